The van der Waals surface area contributed by atoms with Crippen LogP contribution in [0.1, 0.15) is 206 Å². The molecule has 0 bridgehead atoms. The topological polar surface area (TPSA) is 132 Å². The maximum absolute atomic E-state index is 12.5. The van der Waals surface area contributed by atoms with Crippen LogP contribution in [0.25, 0.3) is 0 Å². The molecular weight excluding hydrogens is 655 g/mol. The van der Waals surface area contributed by atoms with Crippen molar-refractivity contribution >= 4 is 13.8 Å². The van der Waals surface area contributed by atoms with Crippen LogP contribution in [-0.4, -0.2) is 66.3 Å². The molecule has 0 aliphatic heterocycles. The van der Waals surface area contributed by atoms with Gasteiger partial charge >= 0.3 is 13.8 Å². The van der Waals surface area contributed by atoms with Crippen molar-refractivity contribution in [3.05, 3.63) is 0 Å². The van der Waals surface area contributed by atoms with Crippen LogP contribution in [0.15, 0.2) is 0 Å². The van der Waals surface area contributed by atoms with E-state index in [0.717, 1.165) is 32.1 Å². The summed E-state index contributed by atoms with van der Waals surface area (Å²) >= 11 is 0. The summed E-state index contributed by atoms with van der Waals surface area (Å²) in [7, 11) is -4.50. The quantitative estimate of drug-likeness (QED) is 0.0319. The van der Waals surface area contributed by atoms with Crippen LogP contribution in [-0.2, 0) is 27.9 Å². The summed E-state index contributed by atoms with van der Waals surface area (Å²) in [6.07, 6.45) is 34.9. The van der Waals surface area contributed by atoms with E-state index < -0.39 is 33.2 Å². The Hall–Kier alpha value is -0.540. The van der Waals surface area contributed by atoms with Crippen LogP contribution in [0.5, 0.6) is 0 Å². The standard InChI is InChI=1S/C40H81O9P/c1-3-5-7-9-11-13-15-16-17-18-19-20-21-23-25-27-29-31-33-46-36-39(37-48-50(44,45)47-35-38(42)34-41)49-40(43)32-30-28-26-24-22-14-12-10-8-6-4-2/h38-39,41-42H,3-37H2,1-2H3,(H,44,45). The van der Waals surface area contributed by atoms with Crippen molar-refractivity contribution in [1.29, 1.82) is 0 Å². The third-order valence-electron chi connectivity index (χ3n) is 9.29. The molecular formula is C40H81O9P. The Morgan fingerprint density at radius 1 is 0.540 bits per heavy atom. The molecule has 10 heteroatoms. The molecule has 0 radical (unpaired) electrons. The number of unbranched alkanes of at least 4 members (excludes halogenated alkanes) is 27. The highest BCUT2D eigenvalue weighted by molar-refractivity contribution is 7.47. The van der Waals surface area contributed by atoms with Gasteiger partial charge in [0.1, 0.15) is 12.2 Å². The monoisotopic (exact) mass is 737 g/mol. The van der Waals surface area contributed by atoms with Crippen molar-refractivity contribution in [3.63, 3.8) is 0 Å². The molecule has 0 rings (SSSR count). The van der Waals surface area contributed by atoms with Gasteiger partial charge in [-0.05, 0) is 12.8 Å². The van der Waals surface area contributed by atoms with Crippen LogP contribution in [0.4, 0.5) is 0 Å². The first-order chi connectivity index (χ1) is 24.3. The molecule has 3 atom stereocenters. The molecule has 0 fully saturated rings. The Balaban J connectivity index is 4.09. The molecule has 0 aromatic rings. The number of ether oxygens (including phenoxy) is 2. The normalized spacial score (nSPS) is 14.1. The first kappa shape index (κ1) is 49.5. The molecule has 0 saturated carbocycles. The average molecular weight is 737 g/mol. The van der Waals surface area contributed by atoms with Gasteiger partial charge in [0, 0.05) is 13.0 Å². The van der Waals surface area contributed by atoms with Crippen LogP contribution >= 0.6 is 7.82 Å². The van der Waals surface area contributed by atoms with Gasteiger partial charge in [-0.25, -0.2) is 4.57 Å². The minimum Gasteiger partial charge on any atom is -0.457 e. The molecule has 3 N–H and O–H groups in total. The molecule has 0 aliphatic carbocycles. The van der Waals surface area contributed by atoms with E-state index in [1.165, 1.54) is 154 Å². The van der Waals surface area contributed by atoms with Gasteiger partial charge in [0.2, 0.25) is 0 Å². The summed E-state index contributed by atoms with van der Waals surface area (Å²) in [4.78, 5) is 22.5. The molecule has 300 valence electrons. The van der Waals surface area contributed by atoms with Crippen LogP contribution in [0.2, 0.25) is 0 Å². The lowest BCUT2D eigenvalue weighted by atomic mass is 10.0. The highest BCUT2D eigenvalue weighted by Gasteiger charge is 2.26. The highest BCUT2D eigenvalue weighted by Crippen LogP contribution is 2.43. The zero-order chi connectivity index (χ0) is 36.8. The number of carbonyl (C=O) groups is 1. The number of phosphoric ester groups is 1. The molecule has 0 amide bonds. The minimum atomic E-state index is -4.50. The van der Waals surface area contributed by atoms with E-state index in [1.54, 1.807) is 0 Å². The molecule has 0 aromatic carbocycles. The molecule has 0 aliphatic rings. The zero-order valence-electron chi connectivity index (χ0n) is 32.6. The van der Waals surface area contributed by atoms with E-state index in [4.69, 9.17) is 23.6 Å². The van der Waals surface area contributed by atoms with Crippen molar-refractivity contribution in [2.24, 2.45) is 0 Å². The molecule has 9 nitrogen and oxygen atoms in total. The second-order valence-electron chi connectivity index (χ2n) is 14.4. The lowest BCUT2D eigenvalue weighted by molar-refractivity contribution is -0.154. The Bertz CT molecular complexity index is 754. The SMILES string of the molecule is CCCCCCCCCCCCCCCCCCCCOCC(COP(=O)(O)OCC(O)CO)OC(=O)CCCCCCCCCCCCC. The van der Waals surface area contributed by atoms with Gasteiger partial charge < -0.3 is 24.6 Å². The van der Waals surface area contributed by atoms with Crippen LogP contribution < -0.4 is 0 Å². The van der Waals surface area contributed by atoms with Crippen molar-refractivity contribution in [1.82, 2.24) is 0 Å². The minimum absolute atomic E-state index is 0.0578. The molecule has 50 heavy (non-hydrogen) atoms. The van der Waals surface area contributed by atoms with Gasteiger partial charge in [-0.3, -0.25) is 13.8 Å². The smallest absolute Gasteiger partial charge is 0.457 e. The first-order valence-corrected chi connectivity index (χ1v) is 22.5. The number of rotatable bonds is 41. The lowest BCUT2D eigenvalue weighted by Gasteiger charge is -2.20. The Morgan fingerprint density at radius 3 is 1.30 bits per heavy atom. The highest BCUT2D eigenvalue weighted by atomic mass is 31.2. The third-order valence-corrected chi connectivity index (χ3v) is 10.2. The second-order valence-corrected chi connectivity index (χ2v) is 15.8. The van der Waals surface area contributed by atoms with E-state index in [9.17, 15) is 19.4 Å². The van der Waals surface area contributed by atoms with Gasteiger partial charge in [0.25, 0.3) is 0 Å². The largest absolute Gasteiger partial charge is 0.472 e. The van der Waals surface area contributed by atoms with Crippen LogP contribution in [0.3, 0.4) is 0 Å². The maximum Gasteiger partial charge on any atom is 0.472 e. The number of hydrogen-bond donors (Lipinski definition) is 3. The Labute approximate surface area is 308 Å². The number of hydrogen-bond acceptors (Lipinski definition) is 8. The lowest BCUT2D eigenvalue weighted by Crippen LogP contribution is -2.29. The van der Waals surface area contributed by atoms with Gasteiger partial charge in [-0.1, -0.05) is 187 Å². The van der Waals surface area contributed by atoms with E-state index in [-0.39, 0.29) is 25.6 Å². The van der Waals surface area contributed by atoms with E-state index in [2.05, 4.69) is 13.8 Å². The van der Waals surface area contributed by atoms with Crippen LogP contribution in [0, 0.1) is 0 Å². The fourth-order valence-electron chi connectivity index (χ4n) is 6.06. The second kappa shape index (κ2) is 38.2. The third kappa shape index (κ3) is 37.2. The number of aliphatic hydroxyl groups excluding tert-OH is 2. The Morgan fingerprint density at radius 2 is 0.900 bits per heavy atom. The number of esters is 1. The predicted octanol–water partition coefficient (Wildman–Crippen LogP) is 11.1. The van der Waals surface area contributed by atoms with Gasteiger partial charge in [-0.2, -0.15) is 0 Å². The van der Waals surface area contributed by atoms with E-state index in [0.29, 0.717) is 6.61 Å². The maximum atomic E-state index is 12.5. The van der Waals surface area contributed by atoms with E-state index in [1.807, 2.05) is 0 Å². The van der Waals surface area contributed by atoms with Crippen molar-refractivity contribution in [2.75, 3.05) is 33.0 Å². The average Bonchev–Trinajstić information content (AvgIpc) is 3.10. The molecule has 0 heterocycles. The number of phosphoric acid groups is 1. The Kier molecular flexibility index (Phi) is 37.8. The van der Waals surface area contributed by atoms with Gasteiger partial charge in [0.05, 0.1) is 26.4 Å². The van der Waals surface area contributed by atoms with E-state index >= 15 is 0 Å². The molecule has 0 spiro atoms. The molecule has 0 aromatic heterocycles. The summed E-state index contributed by atoms with van der Waals surface area (Å²) in [5.74, 6) is -0.379. The predicted molar refractivity (Wildman–Crippen MR) is 205 cm³/mol. The fourth-order valence-corrected chi connectivity index (χ4v) is 6.85. The van der Waals surface area contributed by atoms with Gasteiger partial charge in [0.15, 0.2) is 0 Å². The summed E-state index contributed by atoms with van der Waals surface area (Å²) < 4.78 is 33.3. The number of carbonyl (C=O) groups excluding carboxylic acids is 1. The zero-order valence-corrected chi connectivity index (χ0v) is 33.5. The molecule has 0 saturated heterocycles. The summed E-state index contributed by atoms with van der Waals surface area (Å²) in [5.41, 5.74) is 0. The van der Waals surface area contributed by atoms with Crippen molar-refractivity contribution < 1.29 is 43.0 Å². The molecule has 3 unspecified atom stereocenters. The summed E-state index contributed by atoms with van der Waals surface area (Å²) in [6, 6.07) is 0. The van der Waals surface area contributed by atoms with Crippen molar-refractivity contribution in [2.45, 2.75) is 219 Å². The van der Waals surface area contributed by atoms with Gasteiger partial charge in [-0.15, -0.1) is 0 Å². The van der Waals surface area contributed by atoms with Crippen molar-refractivity contribution in [3.8, 4) is 0 Å². The fraction of sp³-hybridized carbons (Fsp3) is 0.975. The first-order valence-electron chi connectivity index (χ1n) is 21.0. The summed E-state index contributed by atoms with van der Waals surface area (Å²) in [6.45, 7) is 3.56. The number of aliphatic hydroxyl groups is 2. The summed E-state index contributed by atoms with van der Waals surface area (Å²) in [5, 5.41) is 18.3.